The third-order valence-corrected chi connectivity index (χ3v) is 4.81. The van der Waals surface area contributed by atoms with Crippen molar-refractivity contribution < 1.29 is 18.7 Å². The number of benzene rings is 3. The average molecular weight is 395 g/mol. The number of hydrogen-bond donors (Lipinski definition) is 0. The highest BCUT2D eigenvalue weighted by atomic mass is 35.5. The van der Waals surface area contributed by atoms with Crippen LogP contribution in [0.15, 0.2) is 66.4 Å². The number of hydrogen-bond acceptors (Lipinski definition) is 3. The smallest absolute Gasteiger partial charge is 0.232 e. The van der Waals surface area contributed by atoms with Crippen molar-refractivity contribution in [2.24, 2.45) is 0 Å². The molecule has 28 heavy (non-hydrogen) atoms. The van der Waals surface area contributed by atoms with E-state index in [0.717, 1.165) is 11.1 Å². The summed E-state index contributed by atoms with van der Waals surface area (Å²) in [4.78, 5) is 12.7. The van der Waals surface area contributed by atoms with E-state index in [0.29, 0.717) is 34.3 Å². The van der Waals surface area contributed by atoms with Gasteiger partial charge in [0.2, 0.25) is 5.78 Å². The van der Waals surface area contributed by atoms with Crippen LogP contribution in [-0.4, -0.2) is 5.78 Å². The van der Waals surface area contributed by atoms with Gasteiger partial charge < -0.3 is 9.47 Å². The Kier molecular flexibility index (Phi) is 4.88. The zero-order chi connectivity index (χ0) is 19.7. The van der Waals surface area contributed by atoms with Crippen LogP contribution >= 0.6 is 11.6 Å². The molecule has 1 aliphatic rings. The van der Waals surface area contributed by atoms with Gasteiger partial charge in [0.05, 0.1) is 5.56 Å². The van der Waals surface area contributed by atoms with Gasteiger partial charge in [-0.05, 0) is 48.4 Å². The van der Waals surface area contributed by atoms with Gasteiger partial charge in [0.25, 0.3) is 0 Å². The van der Waals surface area contributed by atoms with Crippen molar-refractivity contribution in [1.29, 1.82) is 0 Å². The van der Waals surface area contributed by atoms with E-state index in [9.17, 15) is 9.18 Å². The first kappa shape index (κ1) is 18.3. The van der Waals surface area contributed by atoms with E-state index in [-0.39, 0.29) is 17.4 Å². The highest BCUT2D eigenvalue weighted by Crippen LogP contribution is 2.37. The number of fused-ring (bicyclic) bond motifs is 1. The summed E-state index contributed by atoms with van der Waals surface area (Å²) in [5.74, 6) is 0.572. The second-order valence-corrected chi connectivity index (χ2v) is 6.90. The minimum Gasteiger partial charge on any atom is -0.489 e. The van der Waals surface area contributed by atoms with Gasteiger partial charge in [-0.25, -0.2) is 4.39 Å². The minimum atomic E-state index is -0.372. The number of Topliss-reactive ketones (excluding diaryl/α,β-unsaturated/α-hetero) is 1. The summed E-state index contributed by atoms with van der Waals surface area (Å²) in [5, 5.41) is 0.632. The summed E-state index contributed by atoms with van der Waals surface area (Å²) in [6, 6.07) is 16.9. The lowest BCUT2D eigenvalue weighted by atomic mass is 10.0. The van der Waals surface area contributed by atoms with Crippen LogP contribution in [-0.2, 0) is 6.61 Å². The summed E-state index contributed by atoms with van der Waals surface area (Å²) < 4.78 is 25.0. The average Bonchev–Trinajstić information content (AvgIpc) is 2.97. The number of halogens is 2. The van der Waals surface area contributed by atoms with Crippen LogP contribution in [0.3, 0.4) is 0 Å². The van der Waals surface area contributed by atoms with Gasteiger partial charge in [-0.15, -0.1) is 0 Å². The molecule has 0 amide bonds. The Labute approximate surface area is 167 Å². The van der Waals surface area contributed by atoms with E-state index in [4.69, 9.17) is 21.1 Å². The van der Waals surface area contributed by atoms with Crippen molar-refractivity contribution in [2.75, 3.05) is 0 Å². The number of allylic oxidation sites excluding steroid dienone is 1. The molecule has 0 aromatic heterocycles. The molecule has 0 saturated heterocycles. The van der Waals surface area contributed by atoms with E-state index in [1.54, 1.807) is 30.3 Å². The van der Waals surface area contributed by atoms with E-state index in [1.165, 1.54) is 18.2 Å². The monoisotopic (exact) mass is 394 g/mol. The largest absolute Gasteiger partial charge is 0.489 e. The molecule has 0 saturated carbocycles. The molecule has 0 spiro atoms. The lowest BCUT2D eigenvalue weighted by Gasteiger charge is -2.10. The fourth-order valence-electron chi connectivity index (χ4n) is 3.09. The highest BCUT2D eigenvalue weighted by molar-refractivity contribution is 6.31. The van der Waals surface area contributed by atoms with Gasteiger partial charge >= 0.3 is 0 Å². The van der Waals surface area contributed by atoms with Crippen LogP contribution in [0.25, 0.3) is 6.08 Å². The summed E-state index contributed by atoms with van der Waals surface area (Å²) in [6.45, 7) is 2.13. The summed E-state index contributed by atoms with van der Waals surface area (Å²) in [7, 11) is 0. The molecule has 0 atom stereocenters. The van der Waals surface area contributed by atoms with Crippen LogP contribution in [0.4, 0.5) is 4.39 Å². The highest BCUT2D eigenvalue weighted by Gasteiger charge is 2.30. The molecule has 140 valence electrons. The molecular weight excluding hydrogens is 379 g/mol. The molecular formula is C23H16ClFO3. The fourth-order valence-corrected chi connectivity index (χ4v) is 3.28. The molecule has 0 N–H and O–H groups in total. The van der Waals surface area contributed by atoms with Gasteiger partial charge in [0, 0.05) is 16.7 Å². The third-order valence-electron chi connectivity index (χ3n) is 4.44. The second kappa shape index (κ2) is 7.49. The number of ether oxygens (including phenoxy) is 2. The maximum atomic E-state index is 13.4. The molecule has 1 aliphatic heterocycles. The lowest BCUT2D eigenvalue weighted by Crippen LogP contribution is -2.00. The van der Waals surface area contributed by atoms with Crippen molar-refractivity contribution >= 4 is 23.5 Å². The van der Waals surface area contributed by atoms with Gasteiger partial charge in [-0.1, -0.05) is 41.9 Å². The van der Waals surface area contributed by atoms with Crippen LogP contribution in [0.1, 0.15) is 27.0 Å². The molecule has 3 nitrogen and oxygen atoms in total. The molecule has 0 unspecified atom stereocenters. The maximum absolute atomic E-state index is 13.4. The predicted molar refractivity (Wildman–Crippen MR) is 106 cm³/mol. The number of rotatable bonds is 4. The van der Waals surface area contributed by atoms with Crippen molar-refractivity contribution in [2.45, 2.75) is 13.5 Å². The molecule has 3 aromatic rings. The fraction of sp³-hybridized carbons (Fsp3) is 0.0870. The third kappa shape index (κ3) is 3.64. The first-order valence-corrected chi connectivity index (χ1v) is 9.10. The Morgan fingerprint density at radius 3 is 2.71 bits per heavy atom. The molecule has 0 aliphatic carbocycles. The van der Waals surface area contributed by atoms with E-state index in [1.807, 2.05) is 25.1 Å². The first-order chi connectivity index (χ1) is 13.5. The Morgan fingerprint density at radius 1 is 1.11 bits per heavy atom. The number of aryl methyl sites for hydroxylation is 1. The van der Waals surface area contributed by atoms with Gasteiger partial charge in [-0.2, -0.15) is 0 Å². The Morgan fingerprint density at radius 2 is 1.93 bits per heavy atom. The summed E-state index contributed by atoms with van der Waals surface area (Å²) in [6.07, 6.45) is 1.54. The van der Waals surface area contributed by atoms with E-state index < -0.39 is 0 Å². The van der Waals surface area contributed by atoms with E-state index >= 15 is 0 Å². The van der Waals surface area contributed by atoms with Crippen molar-refractivity contribution in [3.05, 3.63) is 99.5 Å². The molecule has 0 fully saturated rings. The molecule has 1 heterocycles. The topological polar surface area (TPSA) is 35.5 Å². The van der Waals surface area contributed by atoms with Crippen molar-refractivity contribution in [3.63, 3.8) is 0 Å². The van der Waals surface area contributed by atoms with Gasteiger partial charge in [-0.3, -0.25) is 4.79 Å². The van der Waals surface area contributed by atoms with E-state index in [2.05, 4.69) is 0 Å². The van der Waals surface area contributed by atoms with Crippen LogP contribution < -0.4 is 9.47 Å². The number of carbonyl (C=O) groups excluding carboxylic acids is 1. The zero-order valence-electron chi connectivity index (χ0n) is 15.0. The Balaban J connectivity index is 1.58. The molecule has 3 aromatic carbocycles. The Hall–Kier alpha value is -3.11. The summed E-state index contributed by atoms with van der Waals surface area (Å²) in [5.41, 5.74) is 2.67. The molecule has 5 heteroatoms. The normalized spacial score (nSPS) is 14.1. The number of ketones is 1. The lowest BCUT2D eigenvalue weighted by molar-refractivity contribution is 0.101. The predicted octanol–water partition coefficient (Wildman–Crippen LogP) is 5.98. The van der Waals surface area contributed by atoms with Crippen LogP contribution in [0.2, 0.25) is 5.02 Å². The Bertz CT molecular complexity index is 1100. The first-order valence-electron chi connectivity index (χ1n) is 8.72. The summed E-state index contributed by atoms with van der Waals surface area (Å²) >= 11 is 6.16. The van der Waals surface area contributed by atoms with Crippen molar-refractivity contribution in [3.8, 4) is 11.5 Å². The maximum Gasteiger partial charge on any atom is 0.232 e. The van der Waals surface area contributed by atoms with Crippen molar-refractivity contribution in [1.82, 2.24) is 0 Å². The standard InChI is InChI=1S/C23H16ClFO3/c1-14-9-18(27-13-16-6-2-3-8-19(16)24)12-20-22(14)23(26)21(28-20)11-15-5-4-7-17(25)10-15/h2-12H,13H2,1H3/b21-11-. The molecule has 0 bridgehead atoms. The molecule has 4 rings (SSSR count). The minimum absolute atomic E-state index is 0.159. The number of carbonyl (C=O) groups is 1. The SMILES string of the molecule is Cc1cc(OCc2ccccc2Cl)cc2c1C(=O)/C(=C/c1cccc(F)c1)O2. The second-order valence-electron chi connectivity index (χ2n) is 6.49. The van der Waals surface area contributed by atoms with Gasteiger partial charge in [0.15, 0.2) is 5.76 Å². The van der Waals surface area contributed by atoms with Gasteiger partial charge in [0.1, 0.15) is 23.9 Å². The van der Waals surface area contributed by atoms with Crippen LogP contribution in [0, 0.1) is 12.7 Å². The zero-order valence-corrected chi connectivity index (χ0v) is 15.8. The van der Waals surface area contributed by atoms with Crippen LogP contribution in [0.5, 0.6) is 11.5 Å². The quantitative estimate of drug-likeness (QED) is 0.510. The molecule has 0 radical (unpaired) electrons.